The minimum Gasteiger partial charge on any atom is -0.358 e. The molecule has 1 aromatic carbocycles. The Kier molecular flexibility index (Phi) is 3.38. The first-order valence-corrected chi connectivity index (χ1v) is 5.80. The van der Waals surface area contributed by atoms with Gasteiger partial charge in [-0.3, -0.25) is 0 Å². The van der Waals surface area contributed by atoms with Crippen LogP contribution in [0.1, 0.15) is 0 Å². The average Bonchev–Trinajstić information content (AvgIpc) is 2.25. The molecule has 1 aliphatic rings. The SMILES string of the molecule is COC1(OC)CN(c2cc(F)c(Br)cc2F)C1. The molecule has 0 amide bonds. The Morgan fingerprint density at radius 3 is 2.29 bits per heavy atom. The van der Waals surface area contributed by atoms with Gasteiger partial charge in [0.1, 0.15) is 11.6 Å². The number of rotatable bonds is 3. The molecule has 0 N–H and O–H groups in total. The fraction of sp³-hybridized carbons (Fsp3) is 0.455. The first-order chi connectivity index (χ1) is 8.01. The number of hydrogen-bond acceptors (Lipinski definition) is 3. The summed E-state index contributed by atoms with van der Waals surface area (Å²) in [6, 6.07) is 2.28. The van der Waals surface area contributed by atoms with Crippen molar-refractivity contribution < 1.29 is 18.3 Å². The second-order valence-corrected chi connectivity index (χ2v) is 4.75. The van der Waals surface area contributed by atoms with E-state index in [-0.39, 0.29) is 10.2 Å². The van der Waals surface area contributed by atoms with Gasteiger partial charge < -0.3 is 14.4 Å². The molecule has 0 unspecified atom stereocenters. The lowest BCUT2D eigenvalue weighted by atomic mass is 10.1. The van der Waals surface area contributed by atoms with E-state index >= 15 is 0 Å². The van der Waals surface area contributed by atoms with Crippen molar-refractivity contribution in [2.75, 3.05) is 32.2 Å². The summed E-state index contributed by atoms with van der Waals surface area (Å²) >= 11 is 2.94. The molecular weight excluding hydrogens is 296 g/mol. The summed E-state index contributed by atoms with van der Waals surface area (Å²) < 4.78 is 37.4. The summed E-state index contributed by atoms with van der Waals surface area (Å²) in [5.74, 6) is -1.68. The van der Waals surface area contributed by atoms with E-state index in [1.165, 1.54) is 14.2 Å². The van der Waals surface area contributed by atoms with Crippen molar-refractivity contribution in [3.8, 4) is 0 Å². The Morgan fingerprint density at radius 2 is 1.76 bits per heavy atom. The molecule has 0 saturated carbocycles. The zero-order valence-corrected chi connectivity index (χ0v) is 11.1. The van der Waals surface area contributed by atoms with Crippen LogP contribution in [0.3, 0.4) is 0 Å². The Balaban J connectivity index is 2.19. The van der Waals surface area contributed by atoms with Crippen LogP contribution in [0.15, 0.2) is 16.6 Å². The molecule has 0 atom stereocenters. The topological polar surface area (TPSA) is 21.7 Å². The quantitative estimate of drug-likeness (QED) is 0.633. The summed E-state index contributed by atoms with van der Waals surface area (Å²) in [5.41, 5.74) is 0.218. The number of anilines is 1. The van der Waals surface area contributed by atoms with Crippen molar-refractivity contribution in [3.05, 3.63) is 28.2 Å². The van der Waals surface area contributed by atoms with Gasteiger partial charge in [-0.05, 0) is 22.0 Å². The summed E-state index contributed by atoms with van der Waals surface area (Å²) in [7, 11) is 3.05. The summed E-state index contributed by atoms with van der Waals surface area (Å²) in [5, 5.41) is 0. The summed E-state index contributed by atoms with van der Waals surface area (Å²) in [6.07, 6.45) is 0. The van der Waals surface area contributed by atoms with Crippen LogP contribution in [0.4, 0.5) is 14.5 Å². The highest BCUT2D eigenvalue weighted by Crippen LogP contribution is 2.34. The minimum absolute atomic E-state index is 0.115. The third kappa shape index (κ3) is 2.17. The molecular formula is C11H12BrF2NO2. The first kappa shape index (κ1) is 12.7. The van der Waals surface area contributed by atoms with Gasteiger partial charge in [0, 0.05) is 20.3 Å². The molecule has 1 heterocycles. The van der Waals surface area contributed by atoms with Crippen LogP contribution in [0, 0.1) is 11.6 Å². The van der Waals surface area contributed by atoms with E-state index in [2.05, 4.69) is 15.9 Å². The van der Waals surface area contributed by atoms with Crippen molar-refractivity contribution in [1.82, 2.24) is 0 Å². The zero-order valence-electron chi connectivity index (χ0n) is 9.47. The Hall–Kier alpha value is -0.720. The number of halogens is 3. The van der Waals surface area contributed by atoms with Crippen molar-refractivity contribution in [1.29, 1.82) is 0 Å². The van der Waals surface area contributed by atoms with Crippen molar-refractivity contribution in [2.45, 2.75) is 5.79 Å². The van der Waals surface area contributed by atoms with E-state index in [0.717, 1.165) is 12.1 Å². The smallest absolute Gasteiger partial charge is 0.203 e. The van der Waals surface area contributed by atoms with Gasteiger partial charge in [0.2, 0.25) is 5.79 Å². The highest BCUT2D eigenvalue weighted by Gasteiger charge is 2.44. The Labute approximate surface area is 106 Å². The average molecular weight is 308 g/mol. The van der Waals surface area contributed by atoms with E-state index in [1.807, 2.05) is 0 Å². The van der Waals surface area contributed by atoms with E-state index in [9.17, 15) is 8.78 Å². The Morgan fingerprint density at radius 1 is 1.18 bits per heavy atom. The Bertz CT molecular complexity index is 430. The molecule has 0 radical (unpaired) electrons. The monoisotopic (exact) mass is 307 g/mol. The van der Waals surface area contributed by atoms with Crippen LogP contribution in [-0.4, -0.2) is 33.1 Å². The lowest BCUT2D eigenvalue weighted by molar-refractivity contribution is -0.219. The third-order valence-electron chi connectivity index (χ3n) is 2.94. The van der Waals surface area contributed by atoms with Crippen LogP contribution >= 0.6 is 15.9 Å². The molecule has 1 saturated heterocycles. The van der Waals surface area contributed by atoms with Crippen LogP contribution in [0.5, 0.6) is 0 Å². The molecule has 2 rings (SSSR count). The fourth-order valence-corrected chi connectivity index (χ4v) is 2.12. The molecule has 6 heteroatoms. The van der Waals surface area contributed by atoms with Gasteiger partial charge in [0.25, 0.3) is 0 Å². The van der Waals surface area contributed by atoms with Gasteiger partial charge in [-0.15, -0.1) is 0 Å². The van der Waals surface area contributed by atoms with Crippen molar-refractivity contribution in [3.63, 3.8) is 0 Å². The highest BCUT2D eigenvalue weighted by molar-refractivity contribution is 9.10. The molecule has 3 nitrogen and oxygen atoms in total. The van der Waals surface area contributed by atoms with Gasteiger partial charge >= 0.3 is 0 Å². The molecule has 0 bridgehead atoms. The number of benzene rings is 1. The van der Waals surface area contributed by atoms with E-state index in [1.54, 1.807) is 4.90 Å². The molecule has 1 aromatic rings. The first-order valence-electron chi connectivity index (χ1n) is 5.01. The van der Waals surface area contributed by atoms with Gasteiger partial charge in [-0.2, -0.15) is 0 Å². The molecule has 0 spiro atoms. The number of nitrogens with zero attached hydrogens (tertiary/aromatic N) is 1. The van der Waals surface area contributed by atoms with Crippen LogP contribution in [0.2, 0.25) is 0 Å². The largest absolute Gasteiger partial charge is 0.358 e. The standard InChI is InChI=1S/C11H12BrF2NO2/c1-16-11(17-2)5-15(6-11)10-4-8(13)7(12)3-9(10)14/h3-4H,5-6H2,1-2H3. The van der Waals surface area contributed by atoms with Crippen LogP contribution in [0.25, 0.3) is 0 Å². The summed E-state index contributed by atoms with van der Waals surface area (Å²) in [4.78, 5) is 1.66. The predicted octanol–water partition coefficient (Wildman–Crippen LogP) is 2.54. The van der Waals surface area contributed by atoms with E-state index in [4.69, 9.17) is 9.47 Å². The maximum absolute atomic E-state index is 13.6. The summed E-state index contributed by atoms with van der Waals surface area (Å²) in [6.45, 7) is 0.746. The maximum atomic E-state index is 13.6. The fourth-order valence-electron chi connectivity index (χ4n) is 1.80. The number of methoxy groups -OCH3 is 2. The third-order valence-corrected chi connectivity index (χ3v) is 3.55. The van der Waals surface area contributed by atoms with Gasteiger partial charge in [-0.1, -0.05) is 0 Å². The van der Waals surface area contributed by atoms with Gasteiger partial charge in [0.05, 0.1) is 23.2 Å². The van der Waals surface area contributed by atoms with Crippen LogP contribution in [-0.2, 0) is 9.47 Å². The molecule has 1 aliphatic heterocycles. The number of hydrogen-bond donors (Lipinski definition) is 0. The lowest BCUT2D eigenvalue weighted by Gasteiger charge is -2.48. The maximum Gasteiger partial charge on any atom is 0.203 e. The van der Waals surface area contributed by atoms with Crippen molar-refractivity contribution in [2.24, 2.45) is 0 Å². The molecule has 94 valence electrons. The second kappa shape index (κ2) is 4.51. The van der Waals surface area contributed by atoms with Crippen molar-refractivity contribution >= 4 is 21.6 Å². The van der Waals surface area contributed by atoms with E-state index < -0.39 is 17.4 Å². The minimum atomic E-state index is -0.712. The predicted molar refractivity (Wildman–Crippen MR) is 63.0 cm³/mol. The molecule has 0 aromatic heterocycles. The highest BCUT2D eigenvalue weighted by atomic mass is 79.9. The second-order valence-electron chi connectivity index (χ2n) is 3.89. The number of ether oxygens (including phenoxy) is 2. The molecule has 0 aliphatic carbocycles. The van der Waals surface area contributed by atoms with E-state index in [0.29, 0.717) is 13.1 Å². The van der Waals surface area contributed by atoms with Gasteiger partial charge in [0.15, 0.2) is 0 Å². The van der Waals surface area contributed by atoms with Crippen LogP contribution < -0.4 is 4.90 Å². The normalized spacial score (nSPS) is 18.1. The lowest BCUT2D eigenvalue weighted by Crippen LogP contribution is -2.64. The van der Waals surface area contributed by atoms with Gasteiger partial charge in [-0.25, -0.2) is 8.78 Å². The molecule has 1 fully saturated rings. The molecule has 17 heavy (non-hydrogen) atoms. The zero-order chi connectivity index (χ0) is 12.6.